The molecule has 0 spiro atoms. The molecule has 0 heterocycles. The minimum Gasteiger partial charge on any atom is -0.374 e. The lowest BCUT2D eigenvalue weighted by Gasteiger charge is -2.29. The van der Waals surface area contributed by atoms with Crippen LogP contribution in [0.3, 0.4) is 0 Å². The number of rotatable bonds is 4. The zero-order valence-electron chi connectivity index (χ0n) is 12.8. The SMILES string of the molecule is CCO[P@@](=O)(C#CC(C)(C)C)[C@@](C)(O)c1ccccc1. The van der Waals surface area contributed by atoms with Crippen LogP contribution in [0.25, 0.3) is 0 Å². The number of hydrogen-bond acceptors (Lipinski definition) is 3. The molecule has 0 bridgehead atoms. The summed E-state index contributed by atoms with van der Waals surface area (Å²) in [6.45, 7) is 9.25. The van der Waals surface area contributed by atoms with Crippen molar-refractivity contribution >= 4 is 7.37 Å². The van der Waals surface area contributed by atoms with Gasteiger partial charge in [0.1, 0.15) is 0 Å². The second-order valence-corrected chi connectivity index (χ2v) is 8.30. The first-order chi connectivity index (χ1) is 9.12. The van der Waals surface area contributed by atoms with Gasteiger partial charge in [0, 0.05) is 5.41 Å². The van der Waals surface area contributed by atoms with Crippen LogP contribution in [0.15, 0.2) is 30.3 Å². The summed E-state index contributed by atoms with van der Waals surface area (Å²) in [6, 6.07) is 8.87. The van der Waals surface area contributed by atoms with Gasteiger partial charge in [0.15, 0.2) is 5.34 Å². The highest BCUT2D eigenvalue weighted by molar-refractivity contribution is 7.65. The Kier molecular flexibility index (Phi) is 5.21. The lowest BCUT2D eigenvalue weighted by Crippen LogP contribution is -2.22. The molecule has 0 radical (unpaired) electrons. The van der Waals surface area contributed by atoms with Crippen LogP contribution in [0.2, 0.25) is 0 Å². The first kappa shape index (κ1) is 17.0. The van der Waals surface area contributed by atoms with Crippen molar-refractivity contribution in [2.24, 2.45) is 5.41 Å². The molecule has 4 heteroatoms. The lowest BCUT2D eigenvalue weighted by molar-refractivity contribution is 0.122. The van der Waals surface area contributed by atoms with Gasteiger partial charge < -0.3 is 9.63 Å². The van der Waals surface area contributed by atoms with Crippen LogP contribution >= 0.6 is 7.37 Å². The van der Waals surface area contributed by atoms with Gasteiger partial charge in [-0.1, -0.05) is 36.3 Å². The number of aliphatic hydroxyl groups is 1. The van der Waals surface area contributed by atoms with E-state index in [4.69, 9.17) is 4.52 Å². The summed E-state index contributed by atoms with van der Waals surface area (Å²) >= 11 is 0. The number of benzene rings is 1. The average Bonchev–Trinajstić information content (AvgIpc) is 2.37. The normalized spacial score (nSPS) is 17.5. The predicted molar refractivity (Wildman–Crippen MR) is 82.5 cm³/mol. The monoisotopic (exact) mass is 294 g/mol. The molecule has 0 aliphatic heterocycles. The number of hydrogen-bond donors (Lipinski definition) is 1. The molecule has 0 saturated carbocycles. The van der Waals surface area contributed by atoms with Crippen LogP contribution in [0.4, 0.5) is 0 Å². The highest BCUT2D eigenvalue weighted by atomic mass is 31.2. The van der Waals surface area contributed by atoms with E-state index in [1.807, 2.05) is 26.8 Å². The third kappa shape index (κ3) is 3.96. The second kappa shape index (κ2) is 6.14. The van der Waals surface area contributed by atoms with Gasteiger partial charge in [-0.05, 0) is 45.8 Å². The van der Waals surface area contributed by atoms with Gasteiger partial charge in [-0.3, -0.25) is 4.57 Å². The Bertz CT molecular complexity index is 545. The molecule has 1 rings (SSSR count). The van der Waals surface area contributed by atoms with Crippen molar-refractivity contribution in [3.63, 3.8) is 0 Å². The Labute approximate surface area is 121 Å². The van der Waals surface area contributed by atoms with E-state index in [1.54, 1.807) is 31.2 Å². The van der Waals surface area contributed by atoms with E-state index in [1.165, 1.54) is 6.92 Å². The fourth-order valence-corrected chi connectivity index (χ4v) is 3.48. The van der Waals surface area contributed by atoms with Crippen LogP contribution in [-0.4, -0.2) is 11.7 Å². The van der Waals surface area contributed by atoms with Crippen LogP contribution < -0.4 is 0 Å². The van der Waals surface area contributed by atoms with Crippen LogP contribution in [-0.2, 0) is 14.4 Å². The van der Waals surface area contributed by atoms with Gasteiger partial charge >= 0.3 is 7.37 Å². The first-order valence-corrected chi connectivity index (χ1v) is 8.32. The van der Waals surface area contributed by atoms with E-state index in [9.17, 15) is 9.67 Å². The van der Waals surface area contributed by atoms with E-state index in [0.29, 0.717) is 5.56 Å². The Morgan fingerprint density at radius 1 is 1.20 bits per heavy atom. The van der Waals surface area contributed by atoms with Crippen molar-refractivity contribution in [3.8, 4) is 11.6 Å². The maximum Gasteiger partial charge on any atom is 0.308 e. The fraction of sp³-hybridized carbons (Fsp3) is 0.500. The second-order valence-electron chi connectivity index (χ2n) is 5.84. The van der Waals surface area contributed by atoms with Gasteiger partial charge in [0.05, 0.1) is 6.61 Å². The smallest absolute Gasteiger partial charge is 0.308 e. The molecule has 0 unspecified atom stereocenters. The van der Waals surface area contributed by atoms with Crippen molar-refractivity contribution in [3.05, 3.63) is 35.9 Å². The molecule has 1 N–H and O–H groups in total. The third-order valence-electron chi connectivity index (χ3n) is 2.78. The van der Waals surface area contributed by atoms with Crippen molar-refractivity contribution in [1.29, 1.82) is 0 Å². The minimum atomic E-state index is -3.55. The van der Waals surface area contributed by atoms with Gasteiger partial charge in [-0.25, -0.2) is 0 Å². The molecule has 0 aliphatic carbocycles. The van der Waals surface area contributed by atoms with Gasteiger partial charge in [-0.15, -0.1) is 0 Å². The Morgan fingerprint density at radius 2 is 1.75 bits per heavy atom. The van der Waals surface area contributed by atoms with E-state index >= 15 is 0 Å². The first-order valence-electron chi connectivity index (χ1n) is 6.69. The molecule has 1 aromatic rings. The molecule has 110 valence electrons. The van der Waals surface area contributed by atoms with Gasteiger partial charge in [-0.2, -0.15) is 0 Å². The summed E-state index contributed by atoms with van der Waals surface area (Å²) < 4.78 is 18.4. The molecule has 0 saturated heterocycles. The van der Waals surface area contributed by atoms with Crippen LogP contribution in [0, 0.1) is 17.0 Å². The topological polar surface area (TPSA) is 46.5 Å². The van der Waals surface area contributed by atoms with E-state index in [2.05, 4.69) is 11.6 Å². The Morgan fingerprint density at radius 3 is 2.20 bits per heavy atom. The van der Waals surface area contributed by atoms with Gasteiger partial charge in [0.25, 0.3) is 0 Å². The fourth-order valence-electron chi connectivity index (χ4n) is 1.61. The zero-order chi connectivity index (χ0) is 15.4. The van der Waals surface area contributed by atoms with Gasteiger partial charge in [0.2, 0.25) is 0 Å². The van der Waals surface area contributed by atoms with E-state index < -0.39 is 12.7 Å². The third-order valence-corrected chi connectivity index (χ3v) is 5.22. The van der Waals surface area contributed by atoms with E-state index in [0.717, 1.165) is 0 Å². The van der Waals surface area contributed by atoms with Crippen molar-refractivity contribution < 1.29 is 14.2 Å². The molecular weight excluding hydrogens is 271 g/mol. The predicted octanol–water partition coefficient (Wildman–Crippen LogP) is 4.17. The molecule has 0 fully saturated rings. The minimum absolute atomic E-state index is 0.235. The summed E-state index contributed by atoms with van der Waals surface area (Å²) in [4.78, 5) is 0. The Hall–Kier alpha value is -1.07. The highest BCUT2D eigenvalue weighted by Crippen LogP contribution is 2.61. The molecule has 0 aliphatic rings. The molecule has 2 atom stereocenters. The molecule has 0 amide bonds. The average molecular weight is 294 g/mol. The highest BCUT2D eigenvalue weighted by Gasteiger charge is 2.44. The summed E-state index contributed by atoms with van der Waals surface area (Å²) in [5.74, 6) is 2.93. The summed E-state index contributed by atoms with van der Waals surface area (Å²) in [7, 11) is -3.55. The molecule has 20 heavy (non-hydrogen) atoms. The summed E-state index contributed by atoms with van der Waals surface area (Å²) in [6.07, 6.45) is 0. The lowest BCUT2D eigenvalue weighted by atomic mass is 9.99. The largest absolute Gasteiger partial charge is 0.374 e. The summed E-state index contributed by atoms with van der Waals surface area (Å²) in [5, 5.41) is 9.12. The summed E-state index contributed by atoms with van der Waals surface area (Å²) in [5.41, 5.74) is 2.94. The zero-order valence-corrected chi connectivity index (χ0v) is 13.7. The maximum atomic E-state index is 13.0. The molecular formula is C16H23O3P. The van der Waals surface area contributed by atoms with Crippen molar-refractivity contribution in [2.75, 3.05) is 6.61 Å². The molecule has 3 nitrogen and oxygen atoms in total. The van der Waals surface area contributed by atoms with Crippen molar-refractivity contribution in [1.82, 2.24) is 0 Å². The quantitative estimate of drug-likeness (QED) is 0.669. The molecule has 0 aromatic heterocycles. The van der Waals surface area contributed by atoms with E-state index in [-0.39, 0.29) is 12.0 Å². The van der Waals surface area contributed by atoms with Crippen LogP contribution in [0.1, 0.15) is 40.2 Å². The maximum absolute atomic E-state index is 13.0. The standard InChI is InChI=1S/C16H23O3P/c1-6-19-20(18,13-12-15(2,3)4)16(5,17)14-10-8-7-9-11-14/h7-11,17H,6H2,1-5H3/t16-,20+/m1/s1. The van der Waals surface area contributed by atoms with Crippen LogP contribution in [0.5, 0.6) is 0 Å². The van der Waals surface area contributed by atoms with Crippen molar-refractivity contribution in [2.45, 2.75) is 40.0 Å². The molecule has 1 aromatic carbocycles. The Balaban J connectivity index is 3.31.